The molecule has 0 spiro atoms. The van der Waals surface area contributed by atoms with E-state index >= 15 is 0 Å². The number of carboxylic acid groups (broad SMARTS) is 1. The summed E-state index contributed by atoms with van der Waals surface area (Å²) in [5.74, 6) is -0.843. The first kappa shape index (κ1) is 20.7. The van der Waals surface area contributed by atoms with Crippen LogP contribution in [0.3, 0.4) is 0 Å². The topological polar surface area (TPSA) is 120 Å². The average molecular weight is 392 g/mol. The molecule has 0 radical (unpaired) electrons. The highest BCUT2D eigenvalue weighted by atomic mass is 32.3. The molecule has 0 unspecified atom stereocenters. The highest BCUT2D eigenvalue weighted by molar-refractivity contribution is 7.80. The molecule has 1 heterocycles. The summed E-state index contributed by atoms with van der Waals surface area (Å²) in [7, 11) is -1.55. The molecule has 2 N–H and O–H groups in total. The number of aliphatic carboxylic acids is 1. The van der Waals surface area contributed by atoms with Gasteiger partial charge in [0.05, 0.1) is 24.4 Å². The van der Waals surface area contributed by atoms with Gasteiger partial charge in [-0.05, 0) is 17.7 Å². The van der Waals surface area contributed by atoms with Crippen LogP contribution in [-0.4, -0.2) is 37.7 Å². The van der Waals surface area contributed by atoms with Crippen molar-refractivity contribution >= 4 is 38.2 Å². The van der Waals surface area contributed by atoms with Crippen molar-refractivity contribution in [3.05, 3.63) is 54.1 Å². The number of pyridine rings is 1. The molecule has 0 amide bonds. The van der Waals surface area contributed by atoms with Crippen LogP contribution in [0.15, 0.2) is 48.5 Å². The molecule has 8 nitrogen and oxygen atoms in total. The Hall–Kier alpha value is -2.59. The first-order valence-corrected chi connectivity index (χ1v) is 9.30. The Kier molecular flexibility index (Phi) is 6.81. The fraction of sp³-hybridized carbons (Fsp3) is 0.222. The van der Waals surface area contributed by atoms with Gasteiger partial charge in [0, 0.05) is 18.7 Å². The molecule has 0 saturated heterocycles. The largest absolute Gasteiger partial charge is 0.726 e. The van der Waals surface area contributed by atoms with Crippen molar-refractivity contribution in [3.8, 4) is 0 Å². The molecule has 0 saturated carbocycles. The van der Waals surface area contributed by atoms with E-state index in [0.29, 0.717) is 6.54 Å². The van der Waals surface area contributed by atoms with Gasteiger partial charge in [-0.25, -0.2) is 8.42 Å². The number of para-hydroxylation sites is 2. The zero-order valence-electron chi connectivity index (χ0n) is 14.9. The van der Waals surface area contributed by atoms with Gasteiger partial charge in [0.1, 0.15) is 7.05 Å². The van der Waals surface area contributed by atoms with Crippen LogP contribution in [0.2, 0.25) is 0 Å². The Morgan fingerprint density at radius 2 is 1.56 bits per heavy atom. The fourth-order valence-corrected chi connectivity index (χ4v) is 2.80. The average Bonchev–Trinajstić information content (AvgIpc) is 2.64. The fourth-order valence-electron chi connectivity index (χ4n) is 2.80. The molecule has 9 heteroatoms. The molecule has 0 bridgehead atoms. The molecule has 27 heavy (non-hydrogen) atoms. The lowest BCUT2D eigenvalue weighted by atomic mass is 10.0. The molecule has 1 aromatic heterocycles. The van der Waals surface area contributed by atoms with Gasteiger partial charge in [-0.15, -0.1) is 0 Å². The number of carboxylic acids is 1. The zero-order valence-corrected chi connectivity index (χ0v) is 15.7. The number of aromatic nitrogens is 1. The van der Waals surface area contributed by atoms with E-state index in [-0.39, 0.29) is 6.54 Å². The lowest BCUT2D eigenvalue weighted by Crippen LogP contribution is -2.31. The molecule has 0 aliphatic carbocycles. The number of nitrogens with zero attached hydrogens (tertiary/aromatic N) is 1. The van der Waals surface area contributed by atoms with Crippen LogP contribution < -0.4 is 9.88 Å². The Morgan fingerprint density at radius 1 is 1.11 bits per heavy atom. The van der Waals surface area contributed by atoms with Crippen molar-refractivity contribution in [2.24, 2.45) is 7.05 Å². The molecule has 3 rings (SSSR count). The van der Waals surface area contributed by atoms with Crippen LogP contribution in [-0.2, 0) is 33.0 Å². The first-order chi connectivity index (χ1) is 12.7. The summed E-state index contributed by atoms with van der Waals surface area (Å²) < 4.78 is 33.2. The van der Waals surface area contributed by atoms with Gasteiger partial charge in [0.25, 0.3) is 0 Å². The molecular weight excluding hydrogens is 372 g/mol. The quantitative estimate of drug-likeness (QED) is 0.289. The maximum atomic E-state index is 10.7. The standard InChI is InChI=1S/C17H16N2O2.CH4O4S/c1-19-15-8-4-2-6-12(15)14(10-18-11-17(20)21)13-7-3-5-9-16(13)19;1-5-6(2,3)4/h2-9,18H,10-11H2,1H3;1H3,(H,2,3,4). The minimum Gasteiger partial charge on any atom is -0.726 e. The molecule has 0 aliphatic rings. The monoisotopic (exact) mass is 392 g/mol. The van der Waals surface area contributed by atoms with Crippen LogP contribution in [0.1, 0.15) is 5.56 Å². The number of fused-ring (bicyclic) bond motifs is 2. The molecule has 0 fully saturated rings. The first-order valence-electron chi connectivity index (χ1n) is 7.97. The molecule has 3 aromatic rings. The van der Waals surface area contributed by atoms with Gasteiger partial charge < -0.3 is 15.0 Å². The zero-order chi connectivity index (χ0) is 20.0. The number of aryl methyl sites for hydroxylation is 1. The van der Waals surface area contributed by atoms with E-state index in [1.807, 2.05) is 24.3 Å². The Balaban J connectivity index is 0.000000380. The van der Waals surface area contributed by atoms with Crippen LogP contribution in [0.5, 0.6) is 0 Å². The van der Waals surface area contributed by atoms with Gasteiger partial charge >= 0.3 is 5.97 Å². The van der Waals surface area contributed by atoms with Crippen LogP contribution >= 0.6 is 0 Å². The number of benzene rings is 2. The van der Waals surface area contributed by atoms with Crippen molar-refractivity contribution in [1.82, 2.24) is 5.32 Å². The van der Waals surface area contributed by atoms with Crippen molar-refractivity contribution in [1.29, 1.82) is 0 Å². The summed E-state index contributed by atoms with van der Waals surface area (Å²) in [5, 5.41) is 14.1. The SMILES string of the molecule is COS(=O)(=O)[O-].C[n+]1c2ccccc2c(CNCC(=O)O)c2ccccc21. The summed E-state index contributed by atoms with van der Waals surface area (Å²) in [6, 6.07) is 16.4. The molecule has 0 atom stereocenters. The molecule has 0 aliphatic heterocycles. The minimum absolute atomic E-state index is 0.0380. The second-order valence-corrected chi connectivity index (χ2v) is 6.79. The van der Waals surface area contributed by atoms with Crippen molar-refractivity contribution < 1.29 is 31.6 Å². The summed E-state index contributed by atoms with van der Waals surface area (Å²) in [6.45, 7) is 0.498. The summed E-state index contributed by atoms with van der Waals surface area (Å²) in [6.07, 6.45) is 0. The third kappa shape index (κ3) is 5.44. The molecule has 144 valence electrons. The maximum absolute atomic E-state index is 10.7. The summed E-state index contributed by atoms with van der Waals surface area (Å²) >= 11 is 0. The van der Waals surface area contributed by atoms with Crippen molar-refractivity contribution in [2.45, 2.75) is 6.54 Å². The highest BCUT2D eigenvalue weighted by Crippen LogP contribution is 2.24. The van der Waals surface area contributed by atoms with Gasteiger partial charge in [-0.3, -0.25) is 8.98 Å². The van der Waals surface area contributed by atoms with Crippen LogP contribution in [0.25, 0.3) is 21.8 Å². The van der Waals surface area contributed by atoms with Gasteiger partial charge in [0.2, 0.25) is 21.4 Å². The van der Waals surface area contributed by atoms with Gasteiger partial charge in [-0.1, -0.05) is 24.3 Å². The Morgan fingerprint density at radius 3 is 1.96 bits per heavy atom. The third-order valence-electron chi connectivity index (χ3n) is 3.96. The second-order valence-electron chi connectivity index (χ2n) is 5.64. The number of rotatable bonds is 5. The number of hydrogen-bond acceptors (Lipinski definition) is 6. The van der Waals surface area contributed by atoms with Gasteiger partial charge in [0.15, 0.2) is 0 Å². The third-order valence-corrected chi connectivity index (χ3v) is 4.37. The van der Waals surface area contributed by atoms with E-state index in [0.717, 1.165) is 34.5 Å². The van der Waals surface area contributed by atoms with Crippen molar-refractivity contribution in [3.63, 3.8) is 0 Å². The maximum Gasteiger partial charge on any atom is 0.317 e. The lowest BCUT2D eigenvalue weighted by molar-refractivity contribution is -0.617. The minimum atomic E-state index is -4.41. The number of nitrogens with one attached hydrogen (secondary N) is 1. The second kappa shape index (κ2) is 8.87. The van der Waals surface area contributed by atoms with Crippen LogP contribution in [0, 0.1) is 0 Å². The van der Waals surface area contributed by atoms with E-state index in [1.165, 1.54) is 0 Å². The van der Waals surface area contributed by atoms with E-state index < -0.39 is 16.4 Å². The predicted molar refractivity (Wildman–Crippen MR) is 98.7 cm³/mol. The van der Waals surface area contributed by atoms with E-state index in [9.17, 15) is 17.8 Å². The summed E-state index contributed by atoms with van der Waals surface area (Å²) in [4.78, 5) is 10.7. The Labute approximate surface area is 157 Å². The van der Waals surface area contributed by atoms with E-state index in [2.05, 4.69) is 45.4 Å². The number of hydrogen-bond donors (Lipinski definition) is 2. The van der Waals surface area contributed by atoms with Gasteiger partial charge in [-0.2, -0.15) is 4.57 Å². The highest BCUT2D eigenvalue weighted by Gasteiger charge is 2.16. The molecular formula is C18H20N2O6S. The van der Waals surface area contributed by atoms with E-state index in [1.54, 1.807) is 0 Å². The van der Waals surface area contributed by atoms with E-state index in [4.69, 9.17) is 5.11 Å². The normalized spacial score (nSPS) is 11.2. The van der Waals surface area contributed by atoms with Crippen molar-refractivity contribution in [2.75, 3.05) is 13.7 Å². The summed E-state index contributed by atoms with van der Waals surface area (Å²) in [5.41, 5.74) is 3.42. The smallest absolute Gasteiger partial charge is 0.317 e. The Bertz CT molecular complexity index is 1010. The lowest BCUT2D eigenvalue weighted by Gasteiger charge is -2.10. The van der Waals surface area contributed by atoms with Crippen LogP contribution in [0.4, 0.5) is 0 Å². The number of carbonyl (C=O) groups is 1. The predicted octanol–water partition coefficient (Wildman–Crippen LogP) is 1.08. The molecule has 2 aromatic carbocycles.